The molecule has 0 aliphatic carbocycles. The maximum atomic E-state index is 13.8. The molecule has 2 aromatic heterocycles. The first kappa shape index (κ1) is 14.8. The maximum absolute atomic E-state index is 13.8. The lowest BCUT2D eigenvalue weighted by Gasteiger charge is -2.06. The first-order valence-corrected chi connectivity index (χ1v) is 8.08. The molecule has 3 rings (SSSR count). The Kier molecular flexibility index (Phi) is 4.17. The molecule has 7 heteroatoms. The second-order valence-corrected chi connectivity index (χ2v) is 6.23. The van der Waals surface area contributed by atoms with Crippen molar-refractivity contribution in [3.05, 3.63) is 45.3 Å². The number of benzene rings is 1. The standard InChI is InChI=1S/C14H13ClFIN4/c1-20-4-2-9(19-20)3-5-21-13-6-10(16)11(17)7-12(13)18-14(21)8-15/h2,4,6-7H,3,5,8H2,1H3. The van der Waals surface area contributed by atoms with E-state index >= 15 is 0 Å². The van der Waals surface area contributed by atoms with E-state index in [2.05, 4.69) is 10.1 Å². The Morgan fingerprint density at radius 2 is 2.19 bits per heavy atom. The van der Waals surface area contributed by atoms with Crippen LogP contribution in [0.25, 0.3) is 11.0 Å². The monoisotopic (exact) mass is 418 g/mol. The molecule has 0 aliphatic rings. The molecule has 3 aromatic rings. The number of hydrogen-bond donors (Lipinski definition) is 0. The molecule has 0 spiro atoms. The van der Waals surface area contributed by atoms with Crippen LogP contribution in [-0.2, 0) is 25.9 Å². The molecule has 0 unspecified atom stereocenters. The van der Waals surface area contributed by atoms with Crippen LogP contribution >= 0.6 is 34.2 Å². The molecule has 0 aliphatic heterocycles. The molecular formula is C14H13ClFIN4. The maximum Gasteiger partial charge on any atom is 0.138 e. The number of hydrogen-bond acceptors (Lipinski definition) is 2. The fourth-order valence-electron chi connectivity index (χ4n) is 2.34. The Balaban J connectivity index is 1.97. The number of aryl methyl sites for hydroxylation is 3. The van der Waals surface area contributed by atoms with Gasteiger partial charge in [-0.25, -0.2) is 9.37 Å². The van der Waals surface area contributed by atoms with Gasteiger partial charge in [0.05, 0.1) is 26.2 Å². The molecule has 0 fully saturated rings. The minimum Gasteiger partial charge on any atom is -0.326 e. The highest BCUT2D eigenvalue weighted by molar-refractivity contribution is 14.1. The number of rotatable bonds is 4. The molecule has 1 aromatic carbocycles. The molecule has 21 heavy (non-hydrogen) atoms. The van der Waals surface area contributed by atoms with Crippen LogP contribution in [0.4, 0.5) is 4.39 Å². The van der Waals surface area contributed by atoms with Gasteiger partial charge in [0.1, 0.15) is 11.6 Å². The lowest BCUT2D eigenvalue weighted by atomic mass is 10.3. The van der Waals surface area contributed by atoms with Gasteiger partial charge in [0.15, 0.2) is 0 Å². The molecule has 2 heterocycles. The first-order valence-electron chi connectivity index (χ1n) is 6.47. The summed E-state index contributed by atoms with van der Waals surface area (Å²) < 4.78 is 18.1. The molecule has 0 saturated heterocycles. The summed E-state index contributed by atoms with van der Waals surface area (Å²) in [6, 6.07) is 5.25. The zero-order chi connectivity index (χ0) is 15.0. The summed E-state index contributed by atoms with van der Waals surface area (Å²) in [6.07, 6.45) is 2.66. The second kappa shape index (κ2) is 5.92. The Labute approximate surface area is 140 Å². The Morgan fingerprint density at radius 3 is 2.86 bits per heavy atom. The van der Waals surface area contributed by atoms with Gasteiger partial charge in [-0.05, 0) is 34.7 Å². The second-order valence-electron chi connectivity index (χ2n) is 4.80. The smallest absolute Gasteiger partial charge is 0.138 e. The fourth-order valence-corrected chi connectivity index (χ4v) is 3.00. The number of halogens is 3. The topological polar surface area (TPSA) is 35.6 Å². The van der Waals surface area contributed by atoms with Crippen molar-refractivity contribution in [2.45, 2.75) is 18.8 Å². The van der Waals surface area contributed by atoms with Crippen molar-refractivity contribution in [1.82, 2.24) is 19.3 Å². The highest BCUT2D eigenvalue weighted by Crippen LogP contribution is 2.23. The van der Waals surface area contributed by atoms with Gasteiger partial charge in [-0.3, -0.25) is 4.68 Å². The van der Waals surface area contributed by atoms with E-state index in [9.17, 15) is 4.39 Å². The minimum absolute atomic E-state index is 0.233. The molecule has 0 radical (unpaired) electrons. The Hall–Kier alpha value is -1.15. The highest BCUT2D eigenvalue weighted by Gasteiger charge is 2.13. The summed E-state index contributed by atoms with van der Waals surface area (Å²) in [5, 5.41) is 4.35. The van der Waals surface area contributed by atoms with E-state index in [4.69, 9.17) is 11.6 Å². The van der Waals surface area contributed by atoms with Crippen LogP contribution in [0.15, 0.2) is 24.4 Å². The van der Waals surface area contributed by atoms with E-state index in [0.29, 0.717) is 16.0 Å². The lowest BCUT2D eigenvalue weighted by molar-refractivity contribution is 0.618. The normalized spacial score (nSPS) is 11.4. The van der Waals surface area contributed by atoms with Crippen LogP contribution in [0.5, 0.6) is 0 Å². The highest BCUT2D eigenvalue weighted by atomic mass is 127. The molecule has 0 atom stereocenters. The fraction of sp³-hybridized carbons (Fsp3) is 0.286. The van der Waals surface area contributed by atoms with Gasteiger partial charge in [-0.1, -0.05) is 0 Å². The zero-order valence-electron chi connectivity index (χ0n) is 11.4. The number of imidazole rings is 1. The summed E-state index contributed by atoms with van der Waals surface area (Å²) >= 11 is 7.94. The van der Waals surface area contributed by atoms with E-state index in [1.807, 2.05) is 46.5 Å². The average Bonchev–Trinajstić information content (AvgIpc) is 3.01. The van der Waals surface area contributed by atoms with E-state index < -0.39 is 0 Å². The van der Waals surface area contributed by atoms with Crippen LogP contribution in [0.2, 0.25) is 0 Å². The number of nitrogens with zero attached hydrogens (tertiary/aromatic N) is 4. The molecular weight excluding hydrogens is 406 g/mol. The third kappa shape index (κ3) is 2.91. The van der Waals surface area contributed by atoms with E-state index in [0.717, 1.165) is 29.0 Å². The van der Waals surface area contributed by atoms with Gasteiger partial charge in [0.2, 0.25) is 0 Å². The summed E-state index contributed by atoms with van der Waals surface area (Å²) in [6.45, 7) is 0.676. The van der Waals surface area contributed by atoms with Gasteiger partial charge < -0.3 is 4.57 Å². The first-order chi connectivity index (χ1) is 10.1. The largest absolute Gasteiger partial charge is 0.326 e. The van der Waals surface area contributed by atoms with Gasteiger partial charge in [0, 0.05) is 32.3 Å². The van der Waals surface area contributed by atoms with Crippen LogP contribution in [0.1, 0.15) is 11.5 Å². The molecule has 0 saturated carbocycles. The Morgan fingerprint density at radius 1 is 1.38 bits per heavy atom. The zero-order valence-corrected chi connectivity index (χ0v) is 14.3. The van der Waals surface area contributed by atoms with E-state index in [1.165, 1.54) is 6.07 Å². The SMILES string of the molecule is Cn1ccc(CCn2c(CCl)nc3cc(I)c(F)cc32)n1. The number of fused-ring (bicyclic) bond motifs is 1. The number of alkyl halides is 1. The van der Waals surface area contributed by atoms with E-state index in [1.54, 1.807) is 10.7 Å². The molecule has 0 amide bonds. The quantitative estimate of drug-likeness (QED) is 0.480. The Bertz CT molecular complexity index is 796. The van der Waals surface area contributed by atoms with Crippen LogP contribution in [0, 0.1) is 9.39 Å². The van der Waals surface area contributed by atoms with Gasteiger partial charge in [-0.15, -0.1) is 11.6 Å². The van der Waals surface area contributed by atoms with Crippen LogP contribution < -0.4 is 0 Å². The third-order valence-electron chi connectivity index (χ3n) is 3.35. The third-order valence-corrected chi connectivity index (χ3v) is 4.41. The summed E-state index contributed by atoms with van der Waals surface area (Å²) in [5.74, 6) is 0.821. The summed E-state index contributed by atoms with van der Waals surface area (Å²) in [7, 11) is 1.89. The van der Waals surface area contributed by atoms with Crippen molar-refractivity contribution in [3.8, 4) is 0 Å². The summed E-state index contributed by atoms with van der Waals surface area (Å²) in [4.78, 5) is 4.48. The van der Waals surface area contributed by atoms with Crippen LogP contribution in [0.3, 0.4) is 0 Å². The lowest BCUT2D eigenvalue weighted by Crippen LogP contribution is -2.06. The van der Waals surface area contributed by atoms with Crippen molar-refractivity contribution in [2.75, 3.05) is 0 Å². The minimum atomic E-state index is -0.233. The average molecular weight is 419 g/mol. The van der Waals surface area contributed by atoms with Crippen molar-refractivity contribution in [3.63, 3.8) is 0 Å². The van der Waals surface area contributed by atoms with Crippen molar-refractivity contribution >= 4 is 45.2 Å². The summed E-state index contributed by atoms with van der Waals surface area (Å²) in [5.41, 5.74) is 2.54. The van der Waals surface area contributed by atoms with Crippen LogP contribution in [-0.4, -0.2) is 19.3 Å². The molecule has 4 nitrogen and oxygen atoms in total. The molecule has 0 N–H and O–H groups in total. The predicted molar refractivity (Wildman–Crippen MR) is 88.9 cm³/mol. The van der Waals surface area contributed by atoms with Crippen molar-refractivity contribution in [1.29, 1.82) is 0 Å². The number of aromatic nitrogens is 4. The van der Waals surface area contributed by atoms with Crippen molar-refractivity contribution in [2.24, 2.45) is 7.05 Å². The van der Waals surface area contributed by atoms with Gasteiger partial charge in [0.25, 0.3) is 0 Å². The van der Waals surface area contributed by atoms with Crippen molar-refractivity contribution < 1.29 is 4.39 Å². The predicted octanol–water partition coefficient (Wildman–Crippen LogP) is 3.50. The van der Waals surface area contributed by atoms with Gasteiger partial charge in [-0.2, -0.15) is 5.10 Å². The molecule has 110 valence electrons. The molecule has 0 bridgehead atoms. The van der Waals surface area contributed by atoms with E-state index in [-0.39, 0.29) is 5.82 Å². The van der Waals surface area contributed by atoms with Gasteiger partial charge >= 0.3 is 0 Å².